The van der Waals surface area contributed by atoms with Crippen molar-refractivity contribution in [2.75, 3.05) is 11.1 Å². The number of anilines is 1. The Hall–Kier alpha value is -2.29. The van der Waals surface area contributed by atoms with Gasteiger partial charge in [-0.2, -0.15) is 0 Å². The van der Waals surface area contributed by atoms with E-state index in [0.29, 0.717) is 26.6 Å². The van der Waals surface area contributed by atoms with Crippen LogP contribution in [0.15, 0.2) is 52.7 Å². The quantitative estimate of drug-likeness (QED) is 0.647. The number of pyridine rings is 1. The van der Waals surface area contributed by atoms with Gasteiger partial charge in [0.05, 0.1) is 27.2 Å². The molecule has 1 amide bonds. The van der Waals surface area contributed by atoms with E-state index in [1.165, 1.54) is 4.57 Å². The summed E-state index contributed by atoms with van der Waals surface area (Å²) < 4.78 is 1.36. The molecule has 7 nitrogen and oxygen atoms in total. The lowest BCUT2D eigenvalue weighted by molar-refractivity contribution is -0.113. The van der Waals surface area contributed by atoms with E-state index in [0.717, 1.165) is 11.8 Å². The van der Waals surface area contributed by atoms with Gasteiger partial charge in [-0.25, -0.2) is 14.5 Å². The van der Waals surface area contributed by atoms with Crippen molar-refractivity contribution >= 4 is 46.6 Å². The first-order valence-electron chi connectivity index (χ1n) is 7.01. The highest BCUT2D eigenvalue weighted by Gasteiger charge is 2.14. The highest BCUT2D eigenvalue weighted by atomic mass is 35.5. The molecule has 2 N–H and O–H groups in total. The normalized spacial score (nSPS) is 10.6. The molecular weight excluding hydrogens is 385 g/mol. The Kier molecular flexibility index (Phi) is 5.42. The predicted octanol–water partition coefficient (Wildman–Crippen LogP) is 2.99. The number of H-pyrrole nitrogens is 1. The van der Waals surface area contributed by atoms with Crippen LogP contribution < -0.4 is 11.0 Å². The fourth-order valence-electron chi connectivity index (χ4n) is 2.02. The molecule has 0 radical (unpaired) electrons. The predicted molar refractivity (Wildman–Crippen MR) is 97.8 cm³/mol. The first kappa shape index (κ1) is 17.5. The molecule has 3 aromatic rings. The van der Waals surface area contributed by atoms with Gasteiger partial charge in [-0.1, -0.05) is 41.0 Å². The number of nitrogens with one attached hydrogen (secondary N) is 2. The van der Waals surface area contributed by atoms with Gasteiger partial charge in [0.25, 0.3) is 0 Å². The number of para-hydroxylation sites is 1. The Morgan fingerprint density at radius 1 is 1.20 bits per heavy atom. The molecule has 0 spiro atoms. The van der Waals surface area contributed by atoms with Gasteiger partial charge in [0.2, 0.25) is 5.91 Å². The van der Waals surface area contributed by atoms with Crippen LogP contribution >= 0.6 is 35.0 Å². The molecule has 10 heteroatoms. The van der Waals surface area contributed by atoms with Crippen LogP contribution in [-0.4, -0.2) is 31.4 Å². The summed E-state index contributed by atoms with van der Waals surface area (Å²) in [5.74, 6) is -0.298. The lowest BCUT2D eigenvalue weighted by Crippen LogP contribution is -2.17. The second-order valence-corrected chi connectivity index (χ2v) is 6.54. The van der Waals surface area contributed by atoms with Crippen molar-refractivity contribution in [3.63, 3.8) is 0 Å². The third-order valence-electron chi connectivity index (χ3n) is 3.12. The minimum absolute atomic E-state index is 0.0247. The first-order chi connectivity index (χ1) is 12.1. The Bertz CT molecular complexity index is 938. The largest absolute Gasteiger partial charge is 0.348 e. The van der Waals surface area contributed by atoms with Crippen LogP contribution in [0.25, 0.3) is 5.69 Å². The summed E-state index contributed by atoms with van der Waals surface area (Å²) in [5, 5.41) is 10.0. The van der Waals surface area contributed by atoms with Crippen LogP contribution in [0.2, 0.25) is 10.0 Å². The van der Waals surface area contributed by atoms with E-state index < -0.39 is 5.69 Å². The van der Waals surface area contributed by atoms with E-state index >= 15 is 0 Å². The minimum atomic E-state index is -0.400. The highest BCUT2D eigenvalue weighted by Crippen LogP contribution is 2.30. The number of hydrogen-bond donors (Lipinski definition) is 2. The van der Waals surface area contributed by atoms with Crippen LogP contribution in [0.4, 0.5) is 5.69 Å². The van der Waals surface area contributed by atoms with Gasteiger partial charge >= 0.3 is 5.69 Å². The second-order valence-electron chi connectivity index (χ2n) is 4.79. The average Bonchev–Trinajstić information content (AvgIpc) is 2.98. The number of halogens is 2. The van der Waals surface area contributed by atoms with Crippen molar-refractivity contribution in [3.8, 4) is 5.69 Å². The van der Waals surface area contributed by atoms with Crippen molar-refractivity contribution in [2.24, 2.45) is 0 Å². The molecule has 0 atom stereocenters. The molecule has 128 valence electrons. The Morgan fingerprint density at radius 2 is 1.88 bits per heavy atom. The summed E-state index contributed by atoms with van der Waals surface area (Å²) in [6.45, 7) is 0. The van der Waals surface area contributed by atoms with Gasteiger partial charge in [0, 0.05) is 12.4 Å². The van der Waals surface area contributed by atoms with E-state index in [2.05, 4.69) is 20.5 Å². The summed E-state index contributed by atoms with van der Waals surface area (Å²) in [6.07, 6.45) is 3.13. The van der Waals surface area contributed by atoms with E-state index in [1.54, 1.807) is 42.7 Å². The fraction of sp³-hybridized carbons (Fsp3) is 0.0667. The maximum absolute atomic E-state index is 12.2. The average molecular weight is 396 g/mol. The standard InChI is InChI=1S/C15H11Cl2N5O2S/c16-10-2-1-3-11(17)13(10)19-12(23)8-25-15-21-20-14(24)22(15)9-4-6-18-7-5-9/h1-7H,8H2,(H,19,23)(H,20,24). The van der Waals surface area contributed by atoms with Crippen molar-refractivity contribution in [2.45, 2.75) is 5.16 Å². The number of benzene rings is 1. The Balaban J connectivity index is 1.73. The summed E-state index contributed by atoms with van der Waals surface area (Å²) in [4.78, 5) is 28.0. The number of aromatic nitrogens is 4. The number of amides is 1. The van der Waals surface area contributed by atoms with E-state index in [1.807, 2.05) is 0 Å². The Morgan fingerprint density at radius 3 is 2.56 bits per heavy atom. The molecule has 25 heavy (non-hydrogen) atoms. The number of hydrogen-bond acceptors (Lipinski definition) is 5. The van der Waals surface area contributed by atoms with Crippen molar-refractivity contribution in [1.82, 2.24) is 19.7 Å². The van der Waals surface area contributed by atoms with Crippen LogP contribution in [0.5, 0.6) is 0 Å². The van der Waals surface area contributed by atoms with Gasteiger partial charge in [-0.05, 0) is 24.3 Å². The molecule has 0 aliphatic heterocycles. The van der Waals surface area contributed by atoms with Gasteiger partial charge in [-0.15, -0.1) is 5.10 Å². The topological polar surface area (TPSA) is 92.7 Å². The summed E-state index contributed by atoms with van der Waals surface area (Å²) in [6, 6.07) is 8.29. The van der Waals surface area contributed by atoms with Crippen molar-refractivity contribution in [1.29, 1.82) is 0 Å². The number of carbonyl (C=O) groups excluding carboxylic acids is 1. The molecule has 1 aromatic carbocycles. The molecule has 0 bridgehead atoms. The van der Waals surface area contributed by atoms with E-state index in [9.17, 15) is 9.59 Å². The van der Waals surface area contributed by atoms with Gasteiger partial charge < -0.3 is 5.32 Å². The Labute approximate surface area is 156 Å². The van der Waals surface area contributed by atoms with Gasteiger partial charge in [0.15, 0.2) is 5.16 Å². The summed E-state index contributed by atoms with van der Waals surface area (Å²) in [7, 11) is 0. The fourth-order valence-corrected chi connectivity index (χ4v) is 3.27. The molecular formula is C15H11Cl2N5O2S. The molecule has 2 heterocycles. The number of nitrogens with zero attached hydrogens (tertiary/aromatic N) is 3. The summed E-state index contributed by atoms with van der Waals surface area (Å²) >= 11 is 13.2. The van der Waals surface area contributed by atoms with E-state index in [4.69, 9.17) is 23.2 Å². The molecule has 0 saturated heterocycles. The summed E-state index contributed by atoms with van der Waals surface area (Å²) in [5.41, 5.74) is 0.555. The van der Waals surface area contributed by atoms with Crippen molar-refractivity contribution < 1.29 is 4.79 Å². The van der Waals surface area contributed by atoms with Crippen LogP contribution in [0, 0.1) is 0 Å². The maximum atomic E-state index is 12.2. The van der Waals surface area contributed by atoms with E-state index in [-0.39, 0.29) is 11.7 Å². The molecule has 0 aliphatic carbocycles. The third-order valence-corrected chi connectivity index (χ3v) is 4.69. The molecule has 0 saturated carbocycles. The lowest BCUT2D eigenvalue weighted by Gasteiger charge is -2.09. The zero-order chi connectivity index (χ0) is 17.8. The van der Waals surface area contributed by atoms with Crippen molar-refractivity contribution in [3.05, 3.63) is 63.3 Å². The van der Waals surface area contributed by atoms with Crippen LogP contribution in [0.3, 0.4) is 0 Å². The maximum Gasteiger partial charge on any atom is 0.348 e. The third kappa shape index (κ3) is 4.04. The molecule has 0 fully saturated rings. The first-order valence-corrected chi connectivity index (χ1v) is 8.75. The van der Waals surface area contributed by atoms with Crippen LogP contribution in [0.1, 0.15) is 0 Å². The number of thioether (sulfide) groups is 1. The monoisotopic (exact) mass is 395 g/mol. The highest BCUT2D eigenvalue weighted by molar-refractivity contribution is 7.99. The lowest BCUT2D eigenvalue weighted by atomic mass is 10.3. The smallest absolute Gasteiger partial charge is 0.323 e. The molecule has 0 unspecified atom stereocenters. The molecule has 2 aromatic heterocycles. The minimum Gasteiger partial charge on any atom is -0.323 e. The zero-order valence-electron chi connectivity index (χ0n) is 12.6. The van der Waals surface area contributed by atoms with Gasteiger partial charge in [-0.3, -0.25) is 9.78 Å². The second kappa shape index (κ2) is 7.73. The van der Waals surface area contributed by atoms with Gasteiger partial charge in [0.1, 0.15) is 0 Å². The number of carbonyl (C=O) groups is 1. The number of rotatable bonds is 5. The zero-order valence-corrected chi connectivity index (χ0v) is 14.9. The number of aromatic amines is 1. The molecule has 3 rings (SSSR count). The SMILES string of the molecule is O=C(CSc1n[nH]c(=O)n1-c1ccncc1)Nc1c(Cl)cccc1Cl. The molecule has 0 aliphatic rings. The van der Waals surface area contributed by atoms with Crippen LogP contribution in [-0.2, 0) is 4.79 Å².